The summed E-state index contributed by atoms with van der Waals surface area (Å²) in [5, 5.41) is 13.9. The van der Waals surface area contributed by atoms with Crippen molar-refractivity contribution in [2.75, 3.05) is 27.6 Å². The molecule has 0 saturated heterocycles. The standard InChI is InChI=1S/C20H21NO6/c1-23-15-7-10-5-6-21-17-11-3-4-14-19(26-9-25-14)16(11)20(24-2)27-18(17)12(10)8-13(15)22/h3-4,7-8,17-18,20-22H,5-6,9H2,1-2H3. The Balaban J connectivity index is 1.66. The van der Waals surface area contributed by atoms with Crippen LogP contribution in [0.2, 0.25) is 0 Å². The lowest BCUT2D eigenvalue weighted by Gasteiger charge is -2.38. The largest absolute Gasteiger partial charge is 0.504 e. The minimum atomic E-state index is -0.588. The molecule has 7 nitrogen and oxygen atoms in total. The van der Waals surface area contributed by atoms with E-state index in [1.54, 1.807) is 20.3 Å². The predicted octanol–water partition coefficient (Wildman–Crippen LogP) is 2.73. The van der Waals surface area contributed by atoms with Gasteiger partial charge in [-0.05, 0) is 47.9 Å². The Labute approximate surface area is 156 Å². The highest BCUT2D eigenvalue weighted by Gasteiger charge is 2.42. The summed E-state index contributed by atoms with van der Waals surface area (Å²) < 4.78 is 28.5. The van der Waals surface area contributed by atoms with Gasteiger partial charge in [-0.3, -0.25) is 0 Å². The van der Waals surface area contributed by atoms with Gasteiger partial charge in [-0.15, -0.1) is 0 Å². The second-order valence-electron chi connectivity index (χ2n) is 6.83. The maximum Gasteiger partial charge on any atom is 0.231 e. The van der Waals surface area contributed by atoms with Crippen molar-refractivity contribution in [3.8, 4) is 23.0 Å². The number of rotatable bonds is 2. The van der Waals surface area contributed by atoms with Crippen molar-refractivity contribution in [1.29, 1.82) is 0 Å². The minimum Gasteiger partial charge on any atom is -0.504 e. The number of nitrogens with one attached hydrogen (secondary N) is 1. The molecule has 3 aliphatic rings. The second kappa shape index (κ2) is 6.30. The van der Waals surface area contributed by atoms with Gasteiger partial charge in [-0.2, -0.15) is 0 Å². The summed E-state index contributed by atoms with van der Waals surface area (Å²) in [6, 6.07) is 7.50. The van der Waals surface area contributed by atoms with E-state index in [4.69, 9.17) is 23.7 Å². The summed E-state index contributed by atoms with van der Waals surface area (Å²) in [4.78, 5) is 0. The van der Waals surface area contributed by atoms with E-state index in [-0.39, 0.29) is 24.7 Å². The van der Waals surface area contributed by atoms with Crippen LogP contribution in [0.15, 0.2) is 24.3 Å². The van der Waals surface area contributed by atoms with Gasteiger partial charge >= 0.3 is 0 Å². The van der Waals surface area contributed by atoms with Crippen LogP contribution < -0.4 is 19.5 Å². The lowest BCUT2D eigenvalue weighted by Crippen LogP contribution is -2.34. The van der Waals surface area contributed by atoms with E-state index >= 15 is 0 Å². The molecule has 0 saturated carbocycles. The molecule has 0 aromatic heterocycles. The number of hydrogen-bond acceptors (Lipinski definition) is 7. The Morgan fingerprint density at radius 3 is 2.85 bits per heavy atom. The van der Waals surface area contributed by atoms with Crippen molar-refractivity contribution < 1.29 is 28.8 Å². The van der Waals surface area contributed by atoms with Crippen LogP contribution in [0.25, 0.3) is 0 Å². The molecule has 0 spiro atoms. The number of fused-ring (bicyclic) bond motifs is 7. The third kappa shape index (κ3) is 2.46. The fraction of sp³-hybridized carbons (Fsp3) is 0.400. The van der Waals surface area contributed by atoms with Crippen molar-refractivity contribution in [1.82, 2.24) is 5.32 Å². The fourth-order valence-electron chi connectivity index (χ4n) is 4.24. The molecule has 0 aliphatic carbocycles. The van der Waals surface area contributed by atoms with Gasteiger partial charge in [0.15, 0.2) is 29.3 Å². The van der Waals surface area contributed by atoms with Gasteiger partial charge in [-0.1, -0.05) is 6.07 Å². The summed E-state index contributed by atoms with van der Waals surface area (Å²) in [5.74, 6) is 1.96. The van der Waals surface area contributed by atoms with Gasteiger partial charge in [0.25, 0.3) is 0 Å². The SMILES string of the molecule is COc1cc2c(cc1O)C1OC(OC)c3c(ccc4c3OCO4)C1NCC2. The molecule has 0 radical (unpaired) electrons. The van der Waals surface area contributed by atoms with Crippen molar-refractivity contribution in [2.45, 2.75) is 24.9 Å². The van der Waals surface area contributed by atoms with Gasteiger partial charge in [0.05, 0.1) is 18.7 Å². The minimum absolute atomic E-state index is 0.0880. The number of ether oxygens (including phenoxy) is 5. The molecule has 0 amide bonds. The summed E-state index contributed by atoms with van der Waals surface area (Å²) in [6.07, 6.45) is -0.0909. The van der Waals surface area contributed by atoms with Crippen molar-refractivity contribution >= 4 is 0 Å². The second-order valence-corrected chi connectivity index (χ2v) is 6.83. The van der Waals surface area contributed by atoms with E-state index in [2.05, 4.69) is 5.32 Å². The van der Waals surface area contributed by atoms with Gasteiger partial charge in [-0.25, -0.2) is 0 Å². The van der Waals surface area contributed by atoms with Gasteiger partial charge in [0, 0.05) is 7.11 Å². The van der Waals surface area contributed by atoms with Crippen LogP contribution in [0.1, 0.15) is 40.7 Å². The van der Waals surface area contributed by atoms with E-state index in [0.717, 1.165) is 35.2 Å². The maximum atomic E-state index is 10.3. The van der Waals surface area contributed by atoms with Crippen LogP contribution in [0.4, 0.5) is 0 Å². The number of phenolic OH excluding ortho intramolecular Hbond substituents is 1. The highest BCUT2D eigenvalue weighted by Crippen LogP contribution is 2.53. The highest BCUT2D eigenvalue weighted by molar-refractivity contribution is 5.56. The Kier molecular flexibility index (Phi) is 3.89. The quantitative estimate of drug-likeness (QED) is 0.840. The van der Waals surface area contributed by atoms with Crippen LogP contribution in [0.5, 0.6) is 23.0 Å². The van der Waals surface area contributed by atoms with E-state index in [1.807, 2.05) is 18.2 Å². The molecule has 2 N–H and O–H groups in total. The van der Waals surface area contributed by atoms with E-state index in [0.29, 0.717) is 17.2 Å². The van der Waals surface area contributed by atoms with Crippen LogP contribution in [0, 0.1) is 0 Å². The van der Waals surface area contributed by atoms with Crippen LogP contribution in [-0.2, 0) is 15.9 Å². The van der Waals surface area contributed by atoms with Crippen molar-refractivity contribution in [2.24, 2.45) is 0 Å². The number of methoxy groups -OCH3 is 2. The summed E-state index contributed by atoms with van der Waals surface area (Å²) in [5.41, 5.74) is 3.95. The molecule has 0 fully saturated rings. The smallest absolute Gasteiger partial charge is 0.231 e. The number of hydrogen-bond donors (Lipinski definition) is 2. The van der Waals surface area contributed by atoms with Gasteiger partial charge in [0.1, 0.15) is 6.10 Å². The Hall–Kier alpha value is -2.48. The Morgan fingerprint density at radius 1 is 1.15 bits per heavy atom. The highest BCUT2D eigenvalue weighted by atomic mass is 16.7. The average molecular weight is 371 g/mol. The topological polar surface area (TPSA) is 78.4 Å². The van der Waals surface area contributed by atoms with Crippen LogP contribution in [0.3, 0.4) is 0 Å². The fourth-order valence-corrected chi connectivity index (χ4v) is 4.24. The molecule has 142 valence electrons. The van der Waals surface area contributed by atoms with Crippen molar-refractivity contribution in [3.05, 3.63) is 46.5 Å². The normalized spacial score (nSPS) is 25.2. The molecule has 27 heavy (non-hydrogen) atoms. The zero-order chi connectivity index (χ0) is 18.5. The maximum absolute atomic E-state index is 10.3. The molecular weight excluding hydrogens is 350 g/mol. The molecule has 7 heteroatoms. The summed E-state index contributed by atoms with van der Waals surface area (Å²) in [6.45, 7) is 0.969. The first kappa shape index (κ1) is 16.7. The molecule has 3 heterocycles. The third-order valence-electron chi connectivity index (χ3n) is 5.47. The van der Waals surface area contributed by atoms with Crippen molar-refractivity contribution in [3.63, 3.8) is 0 Å². The first-order chi connectivity index (χ1) is 13.2. The first-order valence-corrected chi connectivity index (χ1v) is 8.95. The number of benzene rings is 2. The summed E-state index contributed by atoms with van der Waals surface area (Å²) >= 11 is 0. The lowest BCUT2D eigenvalue weighted by molar-refractivity contribution is -0.181. The zero-order valence-corrected chi connectivity index (χ0v) is 15.2. The molecule has 3 atom stereocenters. The molecule has 2 aromatic rings. The summed E-state index contributed by atoms with van der Waals surface area (Å²) in [7, 11) is 3.16. The molecule has 5 rings (SSSR count). The Bertz CT molecular complexity index is 899. The van der Waals surface area contributed by atoms with E-state index in [1.165, 1.54) is 0 Å². The first-order valence-electron chi connectivity index (χ1n) is 8.95. The van der Waals surface area contributed by atoms with Crippen LogP contribution in [-0.4, -0.2) is 32.7 Å². The monoisotopic (exact) mass is 371 g/mol. The molecule has 2 aromatic carbocycles. The number of aromatic hydroxyl groups is 1. The Morgan fingerprint density at radius 2 is 2.04 bits per heavy atom. The predicted molar refractivity (Wildman–Crippen MR) is 95.2 cm³/mol. The van der Waals surface area contributed by atoms with E-state index in [9.17, 15) is 5.11 Å². The lowest BCUT2D eigenvalue weighted by atomic mass is 9.87. The van der Waals surface area contributed by atoms with Crippen LogP contribution >= 0.6 is 0 Å². The molecule has 0 bridgehead atoms. The third-order valence-corrected chi connectivity index (χ3v) is 5.47. The molecule has 3 unspecified atom stereocenters. The van der Waals surface area contributed by atoms with Gasteiger partial charge in [0.2, 0.25) is 6.79 Å². The van der Waals surface area contributed by atoms with Gasteiger partial charge < -0.3 is 34.1 Å². The molecular formula is C20H21NO6. The number of phenols is 1. The average Bonchev–Trinajstić information content (AvgIpc) is 3.10. The zero-order valence-electron chi connectivity index (χ0n) is 15.2. The van der Waals surface area contributed by atoms with E-state index < -0.39 is 6.29 Å². The molecule has 3 aliphatic heterocycles.